The molecular formula is C22H26ClN5O3. The van der Waals surface area contributed by atoms with E-state index in [0.29, 0.717) is 28.3 Å². The molecule has 164 valence electrons. The first-order valence-electron chi connectivity index (χ1n) is 10.2. The molecule has 2 aromatic heterocycles. The number of rotatable bonds is 5. The lowest BCUT2D eigenvalue weighted by Crippen LogP contribution is -2.40. The van der Waals surface area contributed by atoms with Gasteiger partial charge in [-0.2, -0.15) is 4.98 Å². The van der Waals surface area contributed by atoms with Gasteiger partial charge in [-0.25, -0.2) is 4.98 Å². The molecular weight excluding hydrogens is 418 g/mol. The van der Waals surface area contributed by atoms with Crippen LogP contribution in [0.4, 0.5) is 11.8 Å². The van der Waals surface area contributed by atoms with E-state index < -0.39 is 0 Å². The number of benzene rings is 1. The average Bonchev–Trinajstić information content (AvgIpc) is 3.27. The summed E-state index contributed by atoms with van der Waals surface area (Å²) in [5.41, 5.74) is 7.15. The Morgan fingerprint density at radius 3 is 2.84 bits per heavy atom. The Hall–Kier alpha value is -2.84. The van der Waals surface area contributed by atoms with Gasteiger partial charge in [0.1, 0.15) is 22.3 Å². The maximum absolute atomic E-state index is 12.0. The van der Waals surface area contributed by atoms with Crippen molar-refractivity contribution in [3.05, 3.63) is 35.0 Å². The summed E-state index contributed by atoms with van der Waals surface area (Å²) in [6.45, 7) is 4.38. The first-order chi connectivity index (χ1) is 14.8. The number of nitrogens with zero attached hydrogens (tertiary/aromatic N) is 2. The van der Waals surface area contributed by atoms with E-state index in [-0.39, 0.29) is 41.0 Å². The Morgan fingerprint density at radius 1 is 1.39 bits per heavy atom. The van der Waals surface area contributed by atoms with Gasteiger partial charge in [0.05, 0.1) is 5.56 Å². The van der Waals surface area contributed by atoms with Gasteiger partial charge in [0.25, 0.3) is 5.91 Å². The Balaban J connectivity index is 1.78. The van der Waals surface area contributed by atoms with Crippen molar-refractivity contribution in [3.8, 4) is 11.3 Å². The number of aromatic nitrogens is 2. The van der Waals surface area contributed by atoms with E-state index in [0.717, 1.165) is 18.2 Å². The van der Waals surface area contributed by atoms with Crippen LogP contribution in [0.15, 0.2) is 28.7 Å². The lowest BCUT2D eigenvalue weighted by atomic mass is 9.86. The maximum Gasteiger partial charge on any atom is 0.251 e. The standard InChI is InChI=1S/C22H26ClN5O3/c1-11-14(10-29)6-7-22(11,2)28-19-17(18(23)26-21(24)27-19)16-8-12-4-5-13(20(30)25-3)9-15(12)31-16/h4-5,8-9,11,14,29H,6-7,10H2,1-3H3,(H,25,30)(H3,24,26,27,28). The summed E-state index contributed by atoms with van der Waals surface area (Å²) in [6, 6.07) is 7.07. The number of nitrogen functional groups attached to an aromatic ring is 1. The van der Waals surface area contributed by atoms with Gasteiger partial charge in [-0.05, 0) is 49.8 Å². The maximum atomic E-state index is 12.0. The highest BCUT2D eigenvalue weighted by Gasteiger charge is 2.43. The third-order valence-electron chi connectivity index (χ3n) is 6.52. The quantitative estimate of drug-likeness (QED) is 0.443. The molecule has 1 saturated carbocycles. The van der Waals surface area contributed by atoms with Crippen LogP contribution in [0, 0.1) is 11.8 Å². The number of nitrogens with two attached hydrogens (primary N) is 1. The Labute approximate surface area is 185 Å². The van der Waals surface area contributed by atoms with Gasteiger partial charge >= 0.3 is 0 Å². The van der Waals surface area contributed by atoms with E-state index in [9.17, 15) is 9.90 Å². The SMILES string of the molecule is CNC(=O)c1ccc2cc(-c3c(Cl)nc(N)nc3NC3(C)CCC(CO)C3C)oc2c1. The fraction of sp³-hybridized carbons (Fsp3) is 0.409. The second kappa shape index (κ2) is 8.01. The summed E-state index contributed by atoms with van der Waals surface area (Å²) in [4.78, 5) is 20.5. The van der Waals surface area contributed by atoms with E-state index in [1.54, 1.807) is 19.2 Å². The van der Waals surface area contributed by atoms with Gasteiger partial charge in [-0.15, -0.1) is 0 Å². The number of carbonyl (C=O) groups excluding carboxylic acids is 1. The highest BCUT2D eigenvalue weighted by Crippen LogP contribution is 2.44. The highest BCUT2D eigenvalue weighted by molar-refractivity contribution is 6.32. The van der Waals surface area contributed by atoms with Crippen LogP contribution in [0.5, 0.6) is 0 Å². The van der Waals surface area contributed by atoms with Gasteiger partial charge in [0.2, 0.25) is 5.95 Å². The molecule has 2 heterocycles. The van der Waals surface area contributed by atoms with Crippen LogP contribution < -0.4 is 16.4 Å². The number of fused-ring (bicyclic) bond motifs is 1. The Bertz CT molecular complexity index is 1150. The van der Waals surface area contributed by atoms with E-state index in [1.165, 1.54) is 0 Å². The summed E-state index contributed by atoms with van der Waals surface area (Å²) in [5.74, 6) is 1.25. The van der Waals surface area contributed by atoms with Crippen molar-refractivity contribution in [3.63, 3.8) is 0 Å². The number of aliphatic hydroxyl groups excluding tert-OH is 1. The molecule has 3 unspecified atom stereocenters. The minimum absolute atomic E-state index is 0.0576. The molecule has 31 heavy (non-hydrogen) atoms. The average molecular weight is 444 g/mol. The minimum Gasteiger partial charge on any atom is -0.456 e. The van der Waals surface area contributed by atoms with Gasteiger partial charge in [0.15, 0.2) is 0 Å². The molecule has 5 N–H and O–H groups in total. The van der Waals surface area contributed by atoms with Crippen LogP contribution in [0.2, 0.25) is 5.15 Å². The fourth-order valence-corrected chi connectivity index (χ4v) is 4.65. The second-order valence-electron chi connectivity index (χ2n) is 8.35. The zero-order valence-corrected chi connectivity index (χ0v) is 18.5. The van der Waals surface area contributed by atoms with Crippen molar-refractivity contribution < 1.29 is 14.3 Å². The molecule has 1 fully saturated rings. The van der Waals surface area contributed by atoms with E-state index in [1.807, 2.05) is 12.1 Å². The van der Waals surface area contributed by atoms with E-state index >= 15 is 0 Å². The van der Waals surface area contributed by atoms with E-state index in [2.05, 4.69) is 34.4 Å². The normalized spacial score (nSPS) is 23.3. The molecule has 3 aromatic rings. The molecule has 3 atom stereocenters. The molecule has 0 spiro atoms. The van der Waals surface area contributed by atoms with Crippen molar-refractivity contribution in [1.82, 2.24) is 15.3 Å². The van der Waals surface area contributed by atoms with Crippen LogP contribution in [-0.2, 0) is 0 Å². The molecule has 9 heteroatoms. The third kappa shape index (κ3) is 3.81. The predicted molar refractivity (Wildman–Crippen MR) is 121 cm³/mol. The third-order valence-corrected chi connectivity index (χ3v) is 6.80. The molecule has 0 radical (unpaired) electrons. The molecule has 0 aliphatic heterocycles. The number of hydrogen-bond acceptors (Lipinski definition) is 7. The van der Waals surface area contributed by atoms with Crippen LogP contribution >= 0.6 is 11.6 Å². The van der Waals surface area contributed by atoms with Crippen LogP contribution in [0.25, 0.3) is 22.3 Å². The molecule has 8 nitrogen and oxygen atoms in total. The van der Waals surface area contributed by atoms with Crippen LogP contribution in [0.1, 0.15) is 37.0 Å². The molecule has 1 aromatic carbocycles. The summed E-state index contributed by atoms with van der Waals surface area (Å²) in [6.07, 6.45) is 1.79. The zero-order chi connectivity index (χ0) is 22.3. The summed E-state index contributed by atoms with van der Waals surface area (Å²) in [5, 5.41) is 16.8. The van der Waals surface area contributed by atoms with Gasteiger partial charge in [-0.3, -0.25) is 4.79 Å². The van der Waals surface area contributed by atoms with Crippen molar-refractivity contribution in [2.75, 3.05) is 24.7 Å². The number of furan rings is 1. The molecule has 4 rings (SSSR count). The summed E-state index contributed by atoms with van der Waals surface area (Å²) < 4.78 is 6.05. The lowest BCUT2D eigenvalue weighted by molar-refractivity contribution is 0.0963. The van der Waals surface area contributed by atoms with Crippen molar-refractivity contribution in [2.45, 2.75) is 32.2 Å². The van der Waals surface area contributed by atoms with Gasteiger partial charge in [-0.1, -0.05) is 24.6 Å². The number of hydrogen-bond donors (Lipinski definition) is 4. The summed E-state index contributed by atoms with van der Waals surface area (Å²) >= 11 is 6.49. The van der Waals surface area contributed by atoms with E-state index in [4.69, 9.17) is 21.8 Å². The predicted octanol–water partition coefficient (Wildman–Crippen LogP) is 3.69. The molecule has 1 aliphatic carbocycles. The fourth-order valence-electron chi connectivity index (χ4n) is 4.38. The minimum atomic E-state index is -0.301. The molecule has 1 aliphatic rings. The largest absolute Gasteiger partial charge is 0.456 e. The smallest absolute Gasteiger partial charge is 0.251 e. The summed E-state index contributed by atoms with van der Waals surface area (Å²) in [7, 11) is 1.58. The van der Waals surface area contributed by atoms with Gasteiger partial charge < -0.3 is 25.9 Å². The number of nitrogens with one attached hydrogen (secondary N) is 2. The first-order valence-corrected chi connectivity index (χ1v) is 10.6. The molecule has 1 amide bonds. The first kappa shape index (κ1) is 21.4. The molecule has 0 saturated heterocycles. The highest BCUT2D eigenvalue weighted by atomic mass is 35.5. The number of amides is 1. The Morgan fingerprint density at radius 2 is 2.16 bits per heavy atom. The number of carbonyl (C=O) groups is 1. The van der Waals surface area contributed by atoms with Crippen molar-refractivity contribution in [1.29, 1.82) is 0 Å². The Kier molecular flexibility index (Phi) is 5.53. The van der Waals surface area contributed by atoms with Crippen molar-refractivity contribution >= 4 is 40.2 Å². The zero-order valence-electron chi connectivity index (χ0n) is 17.7. The topological polar surface area (TPSA) is 126 Å². The molecule has 0 bridgehead atoms. The van der Waals surface area contributed by atoms with Crippen molar-refractivity contribution in [2.24, 2.45) is 11.8 Å². The monoisotopic (exact) mass is 443 g/mol. The van der Waals surface area contributed by atoms with Crippen LogP contribution in [-0.4, -0.2) is 40.2 Å². The lowest BCUT2D eigenvalue weighted by Gasteiger charge is -2.33. The number of anilines is 2. The van der Waals surface area contributed by atoms with Crippen LogP contribution in [0.3, 0.4) is 0 Å². The number of aliphatic hydroxyl groups is 1. The number of halogens is 1. The van der Waals surface area contributed by atoms with Gasteiger partial charge in [0, 0.05) is 30.1 Å². The second-order valence-corrected chi connectivity index (χ2v) is 8.71.